The van der Waals surface area contributed by atoms with Crippen molar-refractivity contribution in [1.29, 1.82) is 0 Å². The van der Waals surface area contributed by atoms with Crippen LogP contribution in [0.1, 0.15) is 52.3 Å². The van der Waals surface area contributed by atoms with Crippen molar-refractivity contribution in [1.82, 2.24) is 10.4 Å². The largest absolute Gasteiger partial charge is 0.283 e. The lowest BCUT2D eigenvalue weighted by atomic mass is 9.87. The first-order valence-electron chi connectivity index (χ1n) is 7.15. The van der Waals surface area contributed by atoms with Crippen LogP contribution < -0.4 is 5.43 Å². The summed E-state index contributed by atoms with van der Waals surface area (Å²) in [4.78, 5) is 16.8. The molecule has 0 aliphatic heterocycles. The molecule has 0 aliphatic carbocycles. The van der Waals surface area contributed by atoms with E-state index in [-0.39, 0.29) is 11.3 Å². The minimum atomic E-state index is -0.217. The van der Waals surface area contributed by atoms with Gasteiger partial charge in [0.15, 0.2) is 0 Å². The average Bonchev–Trinajstić information content (AvgIpc) is 2.77. The maximum Gasteiger partial charge on any atom is 0.283 e. The maximum absolute atomic E-state index is 12.0. The van der Waals surface area contributed by atoms with E-state index in [1.807, 2.05) is 26.0 Å². The first kappa shape index (κ1) is 16.4. The molecule has 0 atom stereocenters. The summed E-state index contributed by atoms with van der Waals surface area (Å²) in [6.07, 6.45) is 1.65. The van der Waals surface area contributed by atoms with E-state index < -0.39 is 0 Å². The fraction of sp³-hybridized carbons (Fsp3) is 0.353. The second-order valence-corrected chi connectivity index (χ2v) is 7.42. The van der Waals surface area contributed by atoms with Gasteiger partial charge >= 0.3 is 0 Å². The van der Waals surface area contributed by atoms with Gasteiger partial charge in [0.25, 0.3) is 5.91 Å². The lowest BCUT2D eigenvalue weighted by Crippen LogP contribution is -2.17. The Labute approximate surface area is 135 Å². The molecule has 22 heavy (non-hydrogen) atoms. The summed E-state index contributed by atoms with van der Waals surface area (Å²) in [6, 6.07) is 8.16. The number of rotatable bonds is 3. The Hall–Kier alpha value is -2.01. The zero-order valence-electron chi connectivity index (χ0n) is 13.6. The predicted molar refractivity (Wildman–Crippen MR) is 91.8 cm³/mol. The van der Waals surface area contributed by atoms with Crippen LogP contribution in [-0.2, 0) is 5.41 Å². The Kier molecular flexibility index (Phi) is 4.76. The zero-order chi connectivity index (χ0) is 16.3. The summed E-state index contributed by atoms with van der Waals surface area (Å²) >= 11 is 1.38. The van der Waals surface area contributed by atoms with Gasteiger partial charge in [-0.05, 0) is 30.4 Å². The number of thiazole rings is 1. The highest BCUT2D eigenvalue weighted by atomic mass is 32.1. The predicted octanol–water partition coefficient (Wildman–Crippen LogP) is 3.82. The molecule has 5 heteroatoms. The van der Waals surface area contributed by atoms with E-state index in [9.17, 15) is 4.79 Å². The normalized spacial score (nSPS) is 11.9. The van der Waals surface area contributed by atoms with Crippen molar-refractivity contribution in [3.05, 3.63) is 51.0 Å². The molecule has 2 rings (SSSR count). The molecule has 0 saturated heterocycles. The average molecular weight is 315 g/mol. The highest BCUT2D eigenvalue weighted by Crippen LogP contribution is 2.21. The van der Waals surface area contributed by atoms with Crippen LogP contribution in [0.3, 0.4) is 0 Å². The van der Waals surface area contributed by atoms with E-state index in [0.29, 0.717) is 4.88 Å². The van der Waals surface area contributed by atoms with Crippen LogP contribution in [0.25, 0.3) is 0 Å². The Morgan fingerprint density at radius 1 is 1.23 bits per heavy atom. The fourth-order valence-electron chi connectivity index (χ4n) is 2.03. The molecule has 0 bridgehead atoms. The summed E-state index contributed by atoms with van der Waals surface area (Å²) in [5.41, 5.74) is 5.64. The number of hydrazone groups is 1. The van der Waals surface area contributed by atoms with Crippen molar-refractivity contribution in [3.8, 4) is 0 Å². The Balaban J connectivity index is 2.01. The van der Waals surface area contributed by atoms with Gasteiger partial charge in [0.05, 0.1) is 16.9 Å². The smallest absolute Gasteiger partial charge is 0.266 e. The monoisotopic (exact) mass is 315 g/mol. The molecule has 0 unspecified atom stereocenters. The van der Waals surface area contributed by atoms with Crippen molar-refractivity contribution in [3.63, 3.8) is 0 Å². The number of carbonyl (C=O) groups excluding carboxylic acids is 1. The van der Waals surface area contributed by atoms with Gasteiger partial charge in [0.1, 0.15) is 4.88 Å². The van der Waals surface area contributed by atoms with Crippen molar-refractivity contribution in [2.45, 2.75) is 40.0 Å². The topological polar surface area (TPSA) is 54.4 Å². The molecule has 0 fully saturated rings. The van der Waals surface area contributed by atoms with Crippen molar-refractivity contribution < 1.29 is 4.79 Å². The van der Waals surface area contributed by atoms with Crippen LogP contribution in [-0.4, -0.2) is 17.1 Å². The number of aryl methyl sites for hydroxylation is 2. The second-order valence-electron chi connectivity index (χ2n) is 6.22. The van der Waals surface area contributed by atoms with Gasteiger partial charge in [-0.15, -0.1) is 11.3 Å². The maximum atomic E-state index is 12.0. The number of hydrogen-bond acceptors (Lipinski definition) is 4. The van der Waals surface area contributed by atoms with Gasteiger partial charge in [0.2, 0.25) is 0 Å². The summed E-state index contributed by atoms with van der Waals surface area (Å²) in [6.45, 7) is 10.2. The van der Waals surface area contributed by atoms with Gasteiger partial charge in [-0.1, -0.05) is 45.0 Å². The van der Waals surface area contributed by atoms with Gasteiger partial charge in [-0.3, -0.25) is 4.79 Å². The summed E-state index contributed by atoms with van der Waals surface area (Å²) in [5, 5.41) is 4.89. The van der Waals surface area contributed by atoms with Crippen LogP contribution in [0.4, 0.5) is 0 Å². The molecular weight excluding hydrogens is 294 g/mol. The van der Waals surface area contributed by atoms with Crippen molar-refractivity contribution >= 4 is 23.5 Å². The third-order valence-electron chi connectivity index (χ3n) is 3.27. The van der Waals surface area contributed by atoms with Crippen LogP contribution in [0.5, 0.6) is 0 Å². The molecule has 1 aromatic carbocycles. The molecule has 1 N–H and O–H groups in total. The molecule has 2 aromatic rings. The molecule has 0 saturated carbocycles. The van der Waals surface area contributed by atoms with Crippen molar-refractivity contribution in [2.24, 2.45) is 5.10 Å². The molecule has 1 heterocycles. The summed E-state index contributed by atoms with van der Waals surface area (Å²) in [7, 11) is 0. The quantitative estimate of drug-likeness (QED) is 0.691. The highest BCUT2D eigenvalue weighted by Gasteiger charge is 2.13. The highest BCUT2D eigenvalue weighted by molar-refractivity contribution is 7.13. The lowest BCUT2D eigenvalue weighted by Gasteiger charge is -2.18. The number of hydrogen-bond donors (Lipinski definition) is 1. The molecule has 0 radical (unpaired) electrons. The first-order valence-corrected chi connectivity index (χ1v) is 7.97. The SMILES string of the molecule is Cc1nc(C)c(C(=O)N/N=C/c2ccc(C(C)(C)C)cc2)s1. The Bertz CT molecular complexity index is 694. The van der Waals surface area contributed by atoms with E-state index in [1.165, 1.54) is 16.9 Å². The molecular formula is C17H21N3OS. The molecule has 4 nitrogen and oxygen atoms in total. The van der Waals surface area contributed by atoms with E-state index >= 15 is 0 Å². The van der Waals surface area contributed by atoms with Crippen LogP contribution >= 0.6 is 11.3 Å². The van der Waals surface area contributed by atoms with Crippen LogP contribution in [0, 0.1) is 13.8 Å². The number of carbonyl (C=O) groups is 1. The third kappa shape index (κ3) is 4.01. The number of aromatic nitrogens is 1. The second kappa shape index (κ2) is 6.40. The van der Waals surface area contributed by atoms with Crippen LogP contribution in [0.15, 0.2) is 29.4 Å². The van der Waals surface area contributed by atoms with Gasteiger partial charge < -0.3 is 0 Å². The van der Waals surface area contributed by atoms with E-state index in [4.69, 9.17) is 0 Å². The number of nitrogens with one attached hydrogen (secondary N) is 1. The number of benzene rings is 1. The zero-order valence-corrected chi connectivity index (χ0v) is 14.4. The van der Waals surface area contributed by atoms with E-state index in [1.54, 1.807) is 6.21 Å². The van der Waals surface area contributed by atoms with Crippen LogP contribution in [0.2, 0.25) is 0 Å². The Morgan fingerprint density at radius 3 is 2.36 bits per heavy atom. The van der Waals surface area contributed by atoms with Gasteiger partial charge in [0, 0.05) is 0 Å². The van der Waals surface area contributed by atoms with E-state index in [0.717, 1.165) is 16.3 Å². The minimum absolute atomic E-state index is 0.130. The number of nitrogens with zero attached hydrogens (tertiary/aromatic N) is 2. The lowest BCUT2D eigenvalue weighted by molar-refractivity contribution is 0.0958. The molecule has 0 aliphatic rings. The number of amides is 1. The molecule has 116 valence electrons. The summed E-state index contributed by atoms with van der Waals surface area (Å²) in [5.74, 6) is -0.217. The van der Waals surface area contributed by atoms with Crippen molar-refractivity contribution in [2.75, 3.05) is 0 Å². The Morgan fingerprint density at radius 2 is 1.86 bits per heavy atom. The van der Waals surface area contributed by atoms with Gasteiger partial charge in [-0.25, -0.2) is 10.4 Å². The molecule has 0 spiro atoms. The first-order chi connectivity index (χ1) is 10.3. The van der Waals surface area contributed by atoms with Gasteiger partial charge in [-0.2, -0.15) is 5.10 Å². The van der Waals surface area contributed by atoms with E-state index in [2.05, 4.69) is 48.4 Å². The fourth-order valence-corrected chi connectivity index (χ4v) is 2.84. The molecule has 1 amide bonds. The minimum Gasteiger partial charge on any atom is -0.266 e. The summed E-state index contributed by atoms with van der Waals surface area (Å²) < 4.78 is 0. The molecule has 1 aromatic heterocycles. The standard InChI is InChI=1S/C17H21N3OS/c1-11-15(22-12(2)19-11)16(21)20-18-10-13-6-8-14(9-7-13)17(3,4)5/h6-10H,1-5H3,(H,20,21)/b18-10+. The third-order valence-corrected chi connectivity index (χ3v) is 4.34.